The van der Waals surface area contributed by atoms with Gasteiger partial charge in [0, 0.05) is 6.54 Å². The van der Waals surface area contributed by atoms with Crippen LogP contribution in [0.25, 0.3) is 0 Å². The maximum absolute atomic E-state index is 11.6. The van der Waals surface area contributed by atoms with E-state index in [0.29, 0.717) is 19.8 Å². The molecule has 1 atom stereocenters. The second-order valence-electron chi connectivity index (χ2n) is 3.31. The number of nitrogens with zero attached hydrogens (tertiary/aromatic N) is 1. The van der Waals surface area contributed by atoms with Crippen LogP contribution in [-0.4, -0.2) is 40.9 Å². The van der Waals surface area contributed by atoms with Gasteiger partial charge in [-0.05, 0) is 13.8 Å². The maximum Gasteiger partial charge on any atom is 0.259 e. The van der Waals surface area contributed by atoms with Crippen molar-refractivity contribution in [2.24, 2.45) is 0 Å². The Hall–Kier alpha value is 0.01000. The summed E-state index contributed by atoms with van der Waals surface area (Å²) < 4.78 is 3.87. The molecule has 0 saturated carbocycles. The van der Waals surface area contributed by atoms with Gasteiger partial charge in [0.1, 0.15) is 0 Å². The van der Waals surface area contributed by atoms with Crippen molar-refractivity contribution in [1.82, 2.24) is 4.90 Å². The van der Waals surface area contributed by atoms with Crippen molar-refractivity contribution in [3.8, 4) is 0 Å². The fraction of sp³-hybridized carbons (Fsp3) is 0.875. The Morgan fingerprint density at radius 1 is 1.62 bits per heavy atom. The van der Waals surface area contributed by atoms with E-state index in [0.717, 1.165) is 0 Å². The summed E-state index contributed by atoms with van der Waals surface area (Å²) in [5.41, 5.74) is 0. The van der Waals surface area contributed by atoms with E-state index >= 15 is 0 Å². The Balaban J connectivity index is 2.64. The lowest BCUT2D eigenvalue weighted by atomic mass is 10.2. The fourth-order valence-corrected chi connectivity index (χ4v) is 1.50. The van der Waals surface area contributed by atoms with Gasteiger partial charge in [0.25, 0.3) is 5.91 Å². The van der Waals surface area contributed by atoms with Gasteiger partial charge in [0.2, 0.25) is 0 Å². The first kappa shape index (κ1) is 11.1. The summed E-state index contributed by atoms with van der Waals surface area (Å²) in [4.78, 5) is 13.3. The van der Waals surface area contributed by atoms with Crippen LogP contribution < -0.4 is 0 Å². The molecule has 1 aliphatic heterocycles. The zero-order valence-electron chi connectivity index (χ0n) is 7.72. The number of hydrogen-bond acceptors (Lipinski definition) is 2. The molecule has 5 heteroatoms. The van der Waals surface area contributed by atoms with E-state index in [1.54, 1.807) is 4.90 Å². The van der Waals surface area contributed by atoms with E-state index in [2.05, 4.69) is 0 Å². The minimum atomic E-state index is -1.33. The monoisotopic (exact) mass is 225 g/mol. The van der Waals surface area contributed by atoms with Crippen LogP contribution in [0.4, 0.5) is 0 Å². The molecule has 0 aliphatic carbocycles. The predicted molar refractivity (Wildman–Crippen MR) is 52.1 cm³/mol. The van der Waals surface area contributed by atoms with Crippen molar-refractivity contribution in [3.05, 3.63) is 0 Å². The Morgan fingerprint density at radius 2 is 2.23 bits per heavy atom. The third kappa shape index (κ3) is 2.73. The van der Waals surface area contributed by atoms with E-state index in [4.69, 9.17) is 27.9 Å². The molecule has 3 nitrogen and oxygen atoms in total. The molecule has 0 N–H and O–H groups in total. The molecule has 0 aromatic rings. The normalized spacial score (nSPS) is 24.6. The third-order valence-corrected chi connectivity index (χ3v) is 2.33. The van der Waals surface area contributed by atoms with Crippen LogP contribution in [-0.2, 0) is 9.53 Å². The highest BCUT2D eigenvalue weighted by atomic mass is 35.5. The second-order valence-corrected chi connectivity index (χ2v) is 5.02. The van der Waals surface area contributed by atoms with Crippen molar-refractivity contribution in [2.75, 3.05) is 19.8 Å². The number of alkyl halides is 2. The minimum absolute atomic E-state index is 0.0538. The number of halogens is 2. The standard InChI is InChI=1S/C8H13Cl2NO2/c1-6-5-13-4-3-11(6)7(12)8(2,9)10/h6H,3-5H2,1-2H3. The van der Waals surface area contributed by atoms with E-state index in [-0.39, 0.29) is 11.9 Å². The maximum atomic E-state index is 11.6. The number of carbonyl (C=O) groups is 1. The van der Waals surface area contributed by atoms with E-state index in [1.165, 1.54) is 6.92 Å². The largest absolute Gasteiger partial charge is 0.377 e. The van der Waals surface area contributed by atoms with Crippen LogP contribution in [0.2, 0.25) is 0 Å². The van der Waals surface area contributed by atoms with Gasteiger partial charge in [0.15, 0.2) is 4.33 Å². The molecular formula is C8H13Cl2NO2. The SMILES string of the molecule is CC1COCCN1C(=O)C(C)(Cl)Cl. The van der Waals surface area contributed by atoms with E-state index < -0.39 is 4.33 Å². The number of hydrogen-bond donors (Lipinski definition) is 0. The fourth-order valence-electron chi connectivity index (χ4n) is 1.28. The molecule has 13 heavy (non-hydrogen) atoms. The lowest BCUT2D eigenvalue weighted by Gasteiger charge is -2.35. The lowest BCUT2D eigenvalue weighted by Crippen LogP contribution is -2.51. The van der Waals surface area contributed by atoms with E-state index in [1.807, 2.05) is 6.92 Å². The molecule has 0 bridgehead atoms. The Kier molecular flexibility index (Phi) is 3.44. The molecule has 1 aliphatic rings. The van der Waals surface area contributed by atoms with Crippen molar-refractivity contribution >= 4 is 29.1 Å². The molecular weight excluding hydrogens is 213 g/mol. The highest BCUT2D eigenvalue weighted by Gasteiger charge is 2.35. The summed E-state index contributed by atoms with van der Waals surface area (Å²) in [5.74, 6) is -0.244. The average Bonchev–Trinajstić information content (AvgIpc) is 2.02. The number of carbonyl (C=O) groups excluding carboxylic acids is 1. The highest BCUT2D eigenvalue weighted by molar-refractivity contribution is 6.57. The number of morpholine rings is 1. The summed E-state index contributed by atoms with van der Waals surface area (Å²) in [6.45, 7) is 5.07. The van der Waals surface area contributed by atoms with Gasteiger partial charge in [-0.15, -0.1) is 0 Å². The van der Waals surface area contributed by atoms with Crippen molar-refractivity contribution < 1.29 is 9.53 Å². The van der Waals surface area contributed by atoms with Crippen LogP contribution in [0.3, 0.4) is 0 Å². The van der Waals surface area contributed by atoms with Crippen molar-refractivity contribution in [1.29, 1.82) is 0 Å². The van der Waals surface area contributed by atoms with Crippen LogP contribution in [0.1, 0.15) is 13.8 Å². The molecule has 0 radical (unpaired) electrons. The molecule has 1 fully saturated rings. The van der Waals surface area contributed by atoms with Gasteiger partial charge in [-0.25, -0.2) is 0 Å². The molecule has 1 heterocycles. The third-order valence-electron chi connectivity index (χ3n) is 2.00. The van der Waals surface area contributed by atoms with Crippen LogP contribution in [0.5, 0.6) is 0 Å². The Bertz CT molecular complexity index is 203. The topological polar surface area (TPSA) is 29.5 Å². The summed E-state index contributed by atoms with van der Waals surface area (Å²) in [5, 5.41) is 0. The number of rotatable bonds is 1. The lowest BCUT2D eigenvalue weighted by molar-refractivity contribution is -0.139. The van der Waals surface area contributed by atoms with Crippen molar-refractivity contribution in [2.45, 2.75) is 24.2 Å². The smallest absolute Gasteiger partial charge is 0.259 e. The molecule has 1 rings (SSSR count). The number of ether oxygens (including phenoxy) is 1. The zero-order chi connectivity index (χ0) is 10.1. The van der Waals surface area contributed by atoms with Crippen LogP contribution >= 0.6 is 23.2 Å². The average molecular weight is 226 g/mol. The van der Waals surface area contributed by atoms with Crippen LogP contribution in [0, 0.1) is 0 Å². The van der Waals surface area contributed by atoms with E-state index in [9.17, 15) is 4.79 Å². The summed E-state index contributed by atoms with van der Waals surface area (Å²) in [7, 11) is 0. The van der Waals surface area contributed by atoms with Crippen molar-refractivity contribution in [3.63, 3.8) is 0 Å². The van der Waals surface area contributed by atoms with Crippen LogP contribution in [0.15, 0.2) is 0 Å². The second kappa shape index (κ2) is 4.03. The molecule has 0 aromatic heterocycles. The number of amides is 1. The summed E-state index contributed by atoms with van der Waals surface area (Å²) in [6.07, 6.45) is 0. The molecule has 1 amide bonds. The highest BCUT2D eigenvalue weighted by Crippen LogP contribution is 2.24. The van der Waals surface area contributed by atoms with Gasteiger partial charge in [0.05, 0.1) is 19.3 Å². The minimum Gasteiger partial charge on any atom is -0.377 e. The first-order valence-corrected chi connectivity index (χ1v) is 4.95. The summed E-state index contributed by atoms with van der Waals surface area (Å²) in [6, 6.07) is 0.0538. The molecule has 1 unspecified atom stereocenters. The Morgan fingerprint density at radius 3 is 2.69 bits per heavy atom. The first-order valence-electron chi connectivity index (χ1n) is 4.19. The van der Waals surface area contributed by atoms with Gasteiger partial charge >= 0.3 is 0 Å². The Labute approximate surface area is 87.9 Å². The molecule has 0 spiro atoms. The molecule has 0 aromatic carbocycles. The predicted octanol–water partition coefficient (Wildman–Crippen LogP) is 1.43. The molecule has 1 saturated heterocycles. The van der Waals surface area contributed by atoms with Gasteiger partial charge in [-0.2, -0.15) is 0 Å². The summed E-state index contributed by atoms with van der Waals surface area (Å²) >= 11 is 11.4. The van der Waals surface area contributed by atoms with Gasteiger partial charge in [-0.1, -0.05) is 23.2 Å². The van der Waals surface area contributed by atoms with Gasteiger partial charge in [-0.3, -0.25) is 4.79 Å². The first-order chi connectivity index (χ1) is 5.93. The molecule has 76 valence electrons. The zero-order valence-corrected chi connectivity index (χ0v) is 9.23. The quantitative estimate of drug-likeness (QED) is 0.633. The van der Waals surface area contributed by atoms with Gasteiger partial charge < -0.3 is 9.64 Å².